The third kappa shape index (κ3) is 1.22. The van der Waals surface area contributed by atoms with Crippen LogP contribution in [-0.4, -0.2) is 11.7 Å². The Morgan fingerprint density at radius 1 is 1.55 bits per heavy atom. The van der Waals surface area contributed by atoms with Crippen LogP contribution in [0, 0.1) is 17.3 Å². The van der Waals surface area contributed by atoms with Crippen molar-refractivity contribution in [3.63, 3.8) is 0 Å². The van der Waals surface area contributed by atoms with Crippen molar-refractivity contribution in [2.75, 3.05) is 6.61 Å². The molecule has 0 aliphatic heterocycles. The van der Waals surface area contributed by atoms with Crippen LogP contribution in [0.15, 0.2) is 11.6 Å². The van der Waals surface area contributed by atoms with Crippen molar-refractivity contribution < 1.29 is 5.11 Å². The fourth-order valence-corrected chi connectivity index (χ4v) is 1.87. The fraction of sp³-hybridized carbons (Fsp3) is 0.800. The molecular formula is C10H18O. The first-order valence-corrected chi connectivity index (χ1v) is 4.29. The number of rotatable bonds is 1. The highest BCUT2D eigenvalue weighted by Crippen LogP contribution is 2.45. The number of aliphatic hydroxyl groups excluding tert-OH is 1. The zero-order chi connectivity index (χ0) is 8.65. The summed E-state index contributed by atoms with van der Waals surface area (Å²) in [6.45, 7) is 9.13. The lowest BCUT2D eigenvalue weighted by Crippen LogP contribution is -2.27. The topological polar surface area (TPSA) is 20.2 Å². The van der Waals surface area contributed by atoms with E-state index >= 15 is 0 Å². The summed E-state index contributed by atoms with van der Waals surface area (Å²) in [5.41, 5.74) is 1.67. The van der Waals surface area contributed by atoms with Crippen LogP contribution in [-0.2, 0) is 0 Å². The molecule has 0 unspecified atom stereocenters. The van der Waals surface area contributed by atoms with E-state index < -0.39 is 0 Å². The molecule has 64 valence electrons. The molecule has 0 aromatic carbocycles. The van der Waals surface area contributed by atoms with Crippen molar-refractivity contribution in [1.82, 2.24) is 0 Å². The Kier molecular flexibility index (Phi) is 2.10. The van der Waals surface area contributed by atoms with E-state index in [1.54, 1.807) is 0 Å². The van der Waals surface area contributed by atoms with E-state index in [1.165, 1.54) is 5.57 Å². The molecule has 0 spiro atoms. The Bertz CT molecular complexity index is 179. The molecule has 2 atom stereocenters. The van der Waals surface area contributed by atoms with E-state index in [0.29, 0.717) is 11.8 Å². The van der Waals surface area contributed by atoms with Crippen molar-refractivity contribution in [2.45, 2.75) is 27.7 Å². The normalized spacial score (nSPS) is 35.5. The van der Waals surface area contributed by atoms with E-state index in [1.807, 2.05) is 0 Å². The van der Waals surface area contributed by atoms with E-state index in [2.05, 4.69) is 33.8 Å². The summed E-state index contributed by atoms with van der Waals surface area (Å²) in [5.74, 6) is 0.970. The lowest BCUT2D eigenvalue weighted by molar-refractivity contribution is 0.134. The quantitative estimate of drug-likeness (QED) is 0.574. The summed E-state index contributed by atoms with van der Waals surface area (Å²) in [6.07, 6.45) is 2.21. The molecule has 0 aromatic heterocycles. The average Bonchev–Trinajstić information content (AvgIpc) is 2.13. The fourth-order valence-electron chi connectivity index (χ4n) is 1.87. The van der Waals surface area contributed by atoms with Gasteiger partial charge >= 0.3 is 0 Å². The van der Waals surface area contributed by atoms with Gasteiger partial charge in [0.25, 0.3) is 0 Å². The minimum absolute atomic E-state index is 0.249. The molecule has 11 heavy (non-hydrogen) atoms. The van der Waals surface area contributed by atoms with Gasteiger partial charge in [0, 0.05) is 12.5 Å². The lowest BCUT2D eigenvalue weighted by atomic mass is 9.74. The van der Waals surface area contributed by atoms with Gasteiger partial charge < -0.3 is 5.11 Å². The highest BCUT2D eigenvalue weighted by atomic mass is 16.3. The number of aliphatic hydroxyl groups is 1. The van der Waals surface area contributed by atoms with Crippen LogP contribution in [0.1, 0.15) is 27.7 Å². The van der Waals surface area contributed by atoms with Gasteiger partial charge in [-0.2, -0.15) is 0 Å². The molecule has 1 heteroatoms. The molecule has 1 nitrogen and oxygen atoms in total. The van der Waals surface area contributed by atoms with E-state index in [9.17, 15) is 0 Å². The monoisotopic (exact) mass is 154 g/mol. The molecule has 0 fully saturated rings. The minimum atomic E-state index is 0.249. The third-order valence-corrected chi connectivity index (χ3v) is 3.42. The van der Waals surface area contributed by atoms with Gasteiger partial charge in [-0.1, -0.05) is 32.4 Å². The molecule has 1 aliphatic rings. The van der Waals surface area contributed by atoms with Gasteiger partial charge in [0.05, 0.1) is 0 Å². The standard InChI is InChI=1S/C10H18O/c1-7-5-9(6-11)10(3,4)8(7)2/h5,8-9,11H,6H2,1-4H3/t8-,9-/m0/s1. The molecular weight excluding hydrogens is 136 g/mol. The average molecular weight is 154 g/mol. The second-order valence-electron chi connectivity index (χ2n) is 4.24. The molecule has 0 radical (unpaired) electrons. The second-order valence-corrected chi connectivity index (χ2v) is 4.24. The Balaban J connectivity index is 2.85. The minimum Gasteiger partial charge on any atom is -0.396 e. The number of hydrogen-bond donors (Lipinski definition) is 1. The van der Waals surface area contributed by atoms with Gasteiger partial charge in [-0.3, -0.25) is 0 Å². The van der Waals surface area contributed by atoms with Gasteiger partial charge in [0.1, 0.15) is 0 Å². The molecule has 0 bridgehead atoms. The third-order valence-electron chi connectivity index (χ3n) is 3.42. The van der Waals surface area contributed by atoms with Gasteiger partial charge in [-0.25, -0.2) is 0 Å². The zero-order valence-corrected chi connectivity index (χ0v) is 7.89. The summed E-state index contributed by atoms with van der Waals surface area (Å²) in [6, 6.07) is 0. The number of allylic oxidation sites excluding steroid dienone is 1. The van der Waals surface area contributed by atoms with Crippen molar-refractivity contribution in [1.29, 1.82) is 0 Å². The van der Waals surface area contributed by atoms with Gasteiger partial charge in [0.15, 0.2) is 0 Å². The Hall–Kier alpha value is -0.300. The van der Waals surface area contributed by atoms with Crippen molar-refractivity contribution in [2.24, 2.45) is 17.3 Å². The number of hydrogen-bond acceptors (Lipinski definition) is 1. The van der Waals surface area contributed by atoms with Crippen molar-refractivity contribution in [3.05, 3.63) is 11.6 Å². The summed E-state index contributed by atoms with van der Waals surface area (Å²) in [7, 11) is 0. The highest BCUT2D eigenvalue weighted by Gasteiger charge is 2.38. The first kappa shape index (κ1) is 8.79. The first-order valence-electron chi connectivity index (χ1n) is 4.29. The Morgan fingerprint density at radius 3 is 2.27 bits per heavy atom. The molecule has 0 heterocycles. The van der Waals surface area contributed by atoms with Crippen LogP contribution in [0.3, 0.4) is 0 Å². The maximum absolute atomic E-state index is 9.09. The summed E-state index contributed by atoms with van der Waals surface area (Å²) < 4.78 is 0. The van der Waals surface area contributed by atoms with Gasteiger partial charge in [0.2, 0.25) is 0 Å². The van der Waals surface area contributed by atoms with Crippen LogP contribution in [0.25, 0.3) is 0 Å². The molecule has 0 amide bonds. The summed E-state index contributed by atoms with van der Waals surface area (Å²) in [4.78, 5) is 0. The van der Waals surface area contributed by atoms with E-state index in [-0.39, 0.29) is 12.0 Å². The van der Waals surface area contributed by atoms with Crippen molar-refractivity contribution in [3.8, 4) is 0 Å². The molecule has 0 aromatic rings. The van der Waals surface area contributed by atoms with Crippen molar-refractivity contribution >= 4 is 0 Å². The van der Waals surface area contributed by atoms with Crippen LogP contribution in [0.5, 0.6) is 0 Å². The van der Waals surface area contributed by atoms with Crippen LogP contribution in [0.2, 0.25) is 0 Å². The second kappa shape index (κ2) is 2.63. The SMILES string of the molecule is CC1=C[C@@H](CO)C(C)(C)[C@H]1C. The predicted molar refractivity (Wildman–Crippen MR) is 47.3 cm³/mol. The van der Waals surface area contributed by atoms with Crippen LogP contribution in [0.4, 0.5) is 0 Å². The highest BCUT2D eigenvalue weighted by molar-refractivity contribution is 5.18. The Morgan fingerprint density at radius 2 is 2.09 bits per heavy atom. The van der Waals surface area contributed by atoms with Gasteiger partial charge in [-0.05, 0) is 18.3 Å². The lowest BCUT2D eigenvalue weighted by Gasteiger charge is -2.31. The molecule has 1 aliphatic carbocycles. The smallest absolute Gasteiger partial charge is 0.0499 e. The predicted octanol–water partition coefficient (Wildman–Crippen LogP) is 2.22. The molecule has 0 saturated heterocycles. The summed E-state index contributed by atoms with van der Waals surface area (Å²) in [5, 5.41) is 9.09. The van der Waals surface area contributed by atoms with Gasteiger partial charge in [-0.15, -0.1) is 0 Å². The largest absolute Gasteiger partial charge is 0.396 e. The zero-order valence-electron chi connectivity index (χ0n) is 7.89. The summed E-state index contributed by atoms with van der Waals surface area (Å²) >= 11 is 0. The van der Waals surface area contributed by atoms with Crippen LogP contribution < -0.4 is 0 Å². The van der Waals surface area contributed by atoms with E-state index in [4.69, 9.17) is 5.11 Å². The molecule has 1 N–H and O–H groups in total. The first-order chi connectivity index (χ1) is 5.00. The van der Waals surface area contributed by atoms with E-state index in [0.717, 1.165) is 0 Å². The Labute approximate surface area is 69.1 Å². The van der Waals surface area contributed by atoms with Crippen LogP contribution >= 0.6 is 0 Å². The maximum Gasteiger partial charge on any atom is 0.0499 e. The molecule has 0 saturated carbocycles. The maximum atomic E-state index is 9.09. The molecule has 1 rings (SSSR count).